The number of benzene rings is 2. The molecule has 2 fully saturated rings. The van der Waals surface area contributed by atoms with E-state index in [1.807, 2.05) is 37.4 Å². The van der Waals surface area contributed by atoms with Crippen LogP contribution in [0.25, 0.3) is 0 Å². The number of aryl methyl sites for hydroxylation is 1. The molecule has 0 bridgehead atoms. The van der Waals surface area contributed by atoms with E-state index in [9.17, 15) is 19.6 Å². The minimum absolute atomic E-state index is 0.105. The number of piperazine rings is 1. The number of urea groups is 1. The smallest absolute Gasteiger partial charge is 0.318 e. The average molecular weight is 497 g/mol. The van der Waals surface area contributed by atoms with Crippen LogP contribution in [0.15, 0.2) is 47.4 Å². The SMILES string of the molecule is CCc1cc(NO)ccc1[C@H]1C(=O)[C@]2(CNCCN2C(=O)NC)C(=O)[C@@H]1Cc1cccc(SC)c1. The third-order valence-corrected chi connectivity index (χ3v) is 7.95. The summed E-state index contributed by atoms with van der Waals surface area (Å²) in [5, 5.41) is 15.2. The predicted molar refractivity (Wildman–Crippen MR) is 136 cm³/mol. The van der Waals surface area contributed by atoms with Gasteiger partial charge in [0.25, 0.3) is 0 Å². The molecule has 9 heteroatoms. The second-order valence-corrected chi connectivity index (χ2v) is 9.87. The molecule has 2 aliphatic rings. The third kappa shape index (κ3) is 4.32. The number of hydrogen-bond donors (Lipinski definition) is 4. The third-order valence-electron chi connectivity index (χ3n) is 7.23. The lowest BCUT2D eigenvalue weighted by molar-refractivity contribution is -0.138. The van der Waals surface area contributed by atoms with Crippen molar-refractivity contribution >= 4 is 35.0 Å². The fourth-order valence-corrected chi connectivity index (χ4v) is 6.01. The van der Waals surface area contributed by atoms with E-state index in [4.69, 9.17) is 0 Å². The molecular weight excluding hydrogens is 464 g/mol. The standard InChI is InChI=1S/C26H32N4O4S/c1-4-17-14-18(29-34)8-9-20(17)22-21(13-16-6-5-7-19(12-16)35-3)23(31)26(24(22)32)15-28-10-11-30(26)25(33)27-2/h5-9,12,14,21-22,28-29,34H,4,10-11,13,15H2,1-3H3,(H,27,33)/t21-,22-,26+/m1/s1. The second-order valence-electron chi connectivity index (χ2n) is 8.99. The molecule has 1 aliphatic heterocycles. The summed E-state index contributed by atoms with van der Waals surface area (Å²) in [6.07, 6.45) is 3.03. The van der Waals surface area contributed by atoms with Gasteiger partial charge in [0, 0.05) is 37.5 Å². The first-order chi connectivity index (χ1) is 16.9. The summed E-state index contributed by atoms with van der Waals surface area (Å²) in [4.78, 5) is 43.9. The van der Waals surface area contributed by atoms with E-state index in [-0.39, 0.29) is 24.7 Å². The topological polar surface area (TPSA) is 111 Å². The van der Waals surface area contributed by atoms with Crippen molar-refractivity contribution in [3.63, 3.8) is 0 Å². The number of carbonyl (C=O) groups excluding carboxylic acids is 3. The van der Waals surface area contributed by atoms with Crippen molar-refractivity contribution in [1.29, 1.82) is 0 Å². The molecule has 4 rings (SSSR count). The van der Waals surface area contributed by atoms with E-state index in [2.05, 4.69) is 22.2 Å². The highest BCUT2D eigenvalue weighted by Crippen LogP contribution is 2.46. The fraction of sp³-hybridized carbons (Fsp3) is 0.423. The van der Waals surface area contributed by atoms with Crippen LogP contribution < -0.4 is 16.1 Å². The maximum absolute atomic E-state index is 14.3. The number of amides is 2. The van der Waals surface area contributed by atoms with Crippen LogP contribution in [-0.4, -0.2) is 66.2 Å². The largest absolute Gasteiger partial charge is 0.341 e. The monoisotopic (exact) mass is 496 g/mol. The molecule has 3 atom stereocenters. The molecule has 1 saturated heterocycles. The van der Waals surface area contributed by atoms with Gasteiger partial charge in [-0.25, -0.2) is 4.79 Å². The van der Waals surface area contributed by atoms with Crippen molar-refractivity contribution in [1.82, 2.24) is 15.5 Å². The lowest BCUT2D eigenvalue weighted by Crippen LogP contribution is -2.70. The molecule has 35 heavy (non-hydrogen) atoms. The minimum atomic E-state index is -1.55. The Morgan fingerprint density at radius 2 is 2.03 bits per heavy atom. The summed E-state index contributed by atoms with van der Waals surface area (Å²) in [6, 6.07) is 12.9. The van der Waals surface area contributed by atoms with Crippen molar-refractivity contribution in [2.75, 3.05) is 38.4 Å². The lowest BCUT2D eigenvalue weighted by Gasteiger charge is -2.42. The number of carbonyl (C=O) groups is 3. The first-order valence-corrected chi connectivity index (χ1v) is 13.1. The first kappa shape index (κ1) is 25.2. The molecule has 0 unspecified atom stereocenters. The van der Waals surface area contributed by atoms with Crippen LogP contribution in [0.1, 0.15) is 29.5 Å². The Hall–Kier alpha value is -2.88. The van der Waals surface area contributed by atoms with Crippen molar-refractivity contribution in [2.45, 2.75) is 36.1 Å². The molecular formula is C26H32N4O4S. The zero-order chi connectivity index (χ0) is 25.2. The van der Waals surface area contributed by atoms with Crippen LogP contribution in [0.2, 0.25) is 0 Å². The van der Waals surface area contributed by atoms with Crippen molar-refractivity contribution in [3.8, 4) is 0 Å². The normalized spacial score (nSPS) is 24.2. The Balaban J connectivity index is 1.86. The van der Waals surface area contributed by atoms with Gasteiger partial charge < -0.3 is 15.5 Å². The van der Waals surface area contributed by atoms with Gasteiger partial charge in [0.1, 0.15) is 0 Å². The van der Waals surface area contributed by atoms with Gasteiger partial charge in [-0.1, -0.05) is 25.1 Å². The first-order valence-electron chi connectivity index (χ1n) is 11.9. The summed E-state index contributed by atoms with van der Waals surface area (Å²) >= 11 is 1.62. The summed E-state index contributed by atoms with van der Waals surface area (Å²) in [6.45, 7) is 2.87. The van der Waals surface area contributed by atoms with Crippen LogP contribution in [0, 0.1) is 5.92 Å². The highest BCUT2D eigenvalue weighted by molar-refractivity contribution is 7.98. The summed E-state index contributed by atoms with van der Waals surface area (Å²) < 4.78 is 0. The maximum Gasteiger partial charge on any atom is 0.318 e. The highest BCUT2D eigenvalue weighted by Gasteiger charge is 2.64. The van der Waals surface area contributed by atoms with Crippen LogP contribution >= 0.6 is 11.8 Å². The van der Waals surface area contributed by atoms with Gasteiger partial charge in [-0.05, 0) is 60.1 Å². The minimum Gasteiger partial charge on any atom is -0.341 e. The van der Waals surface area contributed by atoms with Crippen molar-refractivity contribution in [3.05, 3.63) is 59.2 Å². The van der Waals surface area contributed by atoms with Crippen molar-refractivity contribution in [2.24, 2.45) is 5.92 Å². The van der Waals surface area contributed by atoms with E-state index in [0.29, 0.717) is 25.1 Å². The molecule has 1 heterocycles. The van der Waals surface area contributed by atoms with E-state index in [1.165, 1.54) is 11.9 Å². The molecule has 0 radical (unpaired) electrons. The van der Waals surface area contributed by atoms with Gasteiger partial charge in [0.2, 0.25) is 0 Å². The van der Waals surface area contributed by atoms with Gasteiger partial charge in [-0.2, -0.15) is 0 Å². The zero-order valence-corrected chi connectivity index (χ0v) is 21.1. The Kier molecular flexibility index (Phi) is 7.49. The van der Waals surface area contributed by atoms with Gasteiger partial charge in [-0.3, -0.25) is 20.3 Å². The summed E-state index contributed by atoms with van der Waals surface area (Å²) in [7, 11) is 1.51. The van der Waals surface area contributed by atoms with Crippen LogP contribution in [0.5, 0.6) is 0 Å². The number of Topliss-reactive ketones (excluding diaryl/α,β-unsaturated/α-hetero) is 2. The Labute approximate surface area is 209 Å². The zero-order valence-electron chi connectivity index (χ0n) is 20.3. The van der Waals surface area contributed by atoms with E-state index >= 15 is 0 Å². The maximum atomic E-state index is 14.3. The van der Waals surface area contributed by atoms with Crippen LogP contribution in [-0.2, 0) is 22.4 Å². The molecule has 2 aromatic rings. The van der Waals surface area contributed by atoms with Crippen molar-refractivity contribution < 1.29 is 19.6 Å². The molecule has 186 valence electrons. The van der Waals surface area contributed by atoms with Gasteiger partial charge in [0.05, 0.1) is 11.6 Å². The van der Waals surface area contributed by atoms with E-state index < -0.39 is 23.4 Å². The van der Waals surface area contributed by atoms with Gasteiger partial charge >= 0.3 is 6.03 Å². The predicted octanol–water partition coefficient (Wildman–Crippen LogP) is 2.85. The lowest BCUT2D eigenvalue weighted by atomic mass is 9.81. The fourth-order valence-electron chi connectivity index (χ4n) is 5.52. The van der Waals surface area contributed by atoms with Crippen LogP contribution in [0.4, 0.5) is 10.5 Å². The molecule has 2 aromatic carbocycles. The summed E-state index contributed by atoms with van der Waals surface area (Å²) in [5.74, 6) is -1.78. The molecule has 1 aliphatic carbocycles. The molecule has 8 nitrogen and oxygen atoms in total. The Morgan fingerprint density at radius 3 is 2.71 bits per heavy atom. The molecule has 1 spiro atoms. The summed E-state index contributed by atoms with van der Waals surface area (Å²) in [5.41, 5.74) is 3.77. The average Bonchev–Trinajstić information content (AvgIpc) is 3.09. The Morgan fingerprint density at radius 1 is 1.23 bits per heavy atom. The number of rotatable bonds is 6. The number of thioether (sulfide) groups is 1. The van der Waals surface area contributed by atoms with Crippen LogP contribution in [0.3, 0.4) is 0 Å². The molecule has 1 saturated carbocycles. The van der Waals surface area contributed by atoms with E-state index in [1.54, 1.807) is 23.9 Å². The molecule has 0 aromatic heterocycles. The number of nitrogens with one attached hydrogen (secondary N) is 3. The van der Waals surface area contributed by atoms with E-state index in [0.717, 1.165) is 21.6 Å². The number of nitrogens with zero attached hydrogens (tertiary/aromatic N) is 1. The van der Waals surface area contributed by atoms with Gasteiger partial charge in [0.15, 0.2) is 17.1 Å². The van der Waals surface area contributed by atoms with Gasteiger partial charge in [-0.15, -0.1) is 11.8 Å². The number of hydrogen-bond acceptors (Lipinski definition) is 7. The highest BCUT2D eigenvalue weighted by atomic mass is 32.2. The quantitative estimate of drug-likeness (QED) is 0.277. The second kappa shape index (κ2) is 10.4. The molecule has 4 N–H and O–H groups in total. The number of anilines is 1. The number of ketones is 2. The Bertz CT molecular complexity index is 1140. The molecule has 2 amide bonds.